The normalized spacial score (nSPS) is 21.6. The van der Waals surface area contributed by atoms with E-state index in [0.717, 1.165) is 25.9 Å². The number of likely N-dealkylation sites (N-methyl/N-ethyl adjacent to an activating group) is 1. The van der Waals surface area contributed by atoms with Crippen LogP contribution in [-0.4, -0.2) is 54.2 Å². The van der Waals surface area contributed by atoms with Crippen LogP contribution in [0.1, 0.15) is 82.1 Å². The van der Waals surface area contributed by atoms with Crippen molar-refractivity contribution in [3.63, 3.8) is 0 Å². The fourth-order valence-corrected chi connectivity index (χ4v) is 5.06. The van der Waals surface area contributed by atoms with Crippen molar-refractivity contribution in [2.75, 3.05) is 27.2 Å². The lowest BCUT2D eigenvalue weighted by molar-refractivity contribution is 0.0154. The van der Waals surface area contributed by atoms with Gasteiger partial charge in [-0.15, -0.1) is 0 Å². The smallest absolute Gasteiger partial charge is 0.410 e. The maximum Gasteiger partial charge on any atom is 0.410 e. The zero-order chi connectivity index (χ0) is 21.8. The molecule has 29 heavy (non-hydrogen) atoms. The van der Waals surface area contributed by atoms with E-state index < -0.39 is 5.60 Å². The second kappa shape index (κ2) is 7.30. The Labute approximate surface area is 177 Å². The first kappa shape index (κ1) is 22.1. The number of hydrogen-bond donors (Lipinski definition) is 0. The molecule has 4 heteroatoms. The fourth-order valence-electron chi connectivity index (χ4n) is 5.06. The molecule has 0 saturated carbocycles. The predicted molar refractivity (Wildman–Crippen MR) is 120 cm³/mol. The number of nitrogens with zero attached hydrogens (tertiary/aromatic N) is 2. The molecule has 1 fully saturated rings. The summed E-state index contributed by atoms with van der Waals surface area (Å²) < 4.78 is 5.62. The van der Waals surface area contributed by atoms with Crippen molar-refractivity contribution < 1.29 is 9.53 Å². The largest absolute Gasteiger partial charge is 0.444 e. The third kappa shape index (κ3) is 4.05. The second-order valence-electron chi connectivity index (χ2n) is 11.1. The van der Waals surface area contributed by atoms with Crippen molar-refractivity contribution in [1.29, 1.82) is 0 Å². The first-order valence-electron chi connectivity index (χ1n) is 11.0. The molecular weight excluding hydrogens is 360 g/mol. The number of rotatable bonds is 2. The number of ether oxygens (including phenoxy) is 1. The molecule has 1 spiro atoms. The summed E-state index contributed by atoms with van der Waals surface area (Å²) in [4.78, 5) is 16.8. The zero-order valence-corrected chi connectivity index (χ0v) is 20.0. The summed E-state index contributed by atoms with van der Waals surface area (Å²) in [6, 6.07) is 4.88. The number of fused-ring (bicyclic) bond motifs is 2. The van der Waals surface area contributed by atoms with Gasteiger partial charge >= 0.3 is 6.09 Å². The van der Waals surface area contributed by atoms with Gasteiger partial charge < -0.3 is 14.5 Å². The molecule has 1 aromatic rings. The Morgan fingerprint density at radius 1 is 1.07 bits per heavy atom. The van der Waals surface area contributed by atoms with Gasteiger partial charge in [0.05, 0.1) is 0 Å². The predicted octanol–water partition coefficient (Wildman–Crippen LogP) is 5.40. The van der Waals surface area contributed by atoms with Crippen molar-refractivity contribution in [3.05, 3.63) is 34.4 Å². The summed E-state index contributed by atoms with van der Waals surface area (Å²) in [5.74, 6) is 0.500. The average molecular weight is 401 g/mol. The quantitative estimate of drug-likeness (QED) is 0.666. The molecule has 1 atom stereocenters. The van der Waals surface area contributed by atoms with Crippen LogP contribution in [0.15, 0.2) is 12.1 Å². The first-order chi connectivity index (χ1) is 13.3. The maximum absolute atomic E-state index is 12.6. The highest BCUT2D eigenvalue weighted by molar-refractivity contribution is 5.68. The van der Waals surface area contributed by atoms with Crippen LogP contribution in [-0.2, 0) is 10.2 Å². The monoisotopic (exact) mass is 400 g/mol. The van der Waals surface area contributed by atoms with Gasteiger partial charge in [0, 0.05) is 24.5 Å². The Kier molecular flexibility index (Phi) is 5.57. The molecule has 1 aromatic carbocycles. The van der Waals surface area contributed by atoms with E-state index in [1.807, 2.05) is 25.7 Å². The molecule has 0 N–H and O–H groups in total. The fraction of sp³-hybridized carbons (Fsp3) is 0.720. The van der Waals surface area contributed by atoms with Gasteiger partial charge in [0.25, 0.3) is 0 Å². The first-order valence-corrected chi connectivity index (χ1v) is 11.0. The molecule has 0 radical (unpaired) electrons. The lowest BCUT2D eigenvalue weighted by Gasteiger charge is -2.43. The van der Waals surface area contributed by atoms with Gasteiger partial charge in [-0.3, -0.25) is 0 Å². The van der Waals surface area contributed by atoms with E-state index in [-0.39, 0.29) is 17.0 Å². The van der Waals surface area contributed by atoms with Gasteiger partial charge in [0.2, 0.25) is 0 Å². The topological polar surface area (TPSA) is 32.8 Å². The number of likely N-dealkylation sites (tertiary alicyclic amines) is 1. The van der Waals surface area contributed by atoms with Crippen LogP contribution in [0.3, 0.4) is 0 Å². The minimum Gasteiger partial charge on any atom is -0.444 e. The summed E-state index contributed by atoms with van der Waals surface area (Å²) in [7, 11) is 4.38. The lowest BCUT2D eigenvalue weighted by Crippen LogP contribution is -2.47. The van der Waals surface area contributed by atoms with Gasteiger partial charge in [-0.05, 0) is 109 Å². The lowest BCUT2D eigenvalue weighted by atomic mass is 9.71. The van der Waals surface area contributed by atoms with Crippen molar-refractivity contribution >= 4 is 6.09 Å². The van der Waals surface area contributed by atoms with E-state index in [0.29, 0.717) is 5.92 Å². The Bertz CT molecular complexity index is 781. The molecule has 1 saturated heterocycles. The maximum atomic E-state index is 12.6. The SMILES string of the molecule is Cc1cc2c(cc1C)C1(CCN(C(=O)OC(C)(C)C)CC1)CC2C(C)(C)N(C)C. The average Bonchev–Trinajstić information content (AvgIpc) is 2.88. The van der Waals surface area contributed by atoms with Crippen LogP contribution in [0.4, 0.5) is 4.79 Å². The molecule has 0 bridgehead atoms. The van der Waals surface area contributed by atoms with Crippen molar-refractivity contribution in [1.82, 2.24) is 9.80 Å². The van der Waals surface area contributed by atoms with Crippen molar-refractivity contribution in [3.8, 4) is 0 Å². The van der Waals surface area contributed by atoms with Gasteiger partial charge in [-0.25, -0.2) is 4.79 Å². The number of aryl methyl sites for hydroxylation is 2. The molecule has 0 aromatic heterocycles. The summed E-state index contributed by atoms with van der Waals surface area (Å²) in [6.07, 6.45) is 3.03. The van der Waals surface area contributed by atoms with Crippen LogP contribution >= 0.6 is 0 Å². The van der Waals surface area contributed by atoms with Gasteiger partial charge in [-0.1, -0.05) is 12.1 Å². The van der Waals surface area contributed by atoms with Crippen molar-refractivity contribution in [2.24, 2.45) is 0 Å². The third-order valence-electron chi connectivity index (χ3n) is 7.59. The number of amides is 1. The minimum absolute atomic E-state index is 0.0856. The Hall–Kier alpha value is -1.55. The number of piperidine rings is 1. The van der Waals surface area contributed by atoms with E-state index in [9.17, 15) is 4.79 Å². The molecule has 1 amide bonds. The van der Waals surface area contributed by atoms with Crippen LogP contribution in [0.2, 0.25) is 0 Å². The second-order valence-corrected chi connectivity index (χ2v) is 11.1. The number of benzene rings is 1. The third-order valence-corrected chi connectivity index (χ3v) is 7.59. The molecule has 1 heterocycles. The Morgan fingerprint density at radius 3 is 2.14 bits per heavy atom. The van der Waals surface area contributed by atoms with E-state index in [1.165, 1.54) is 28.7 Å². The Morgan fingerprint density at radius 2 is 1.62 bits per heavy atom. The molecule has 3 rings (SSSR count). The van der Waals surface area contributed by atoms with Crippen LogP contribution < -0.4 is 0 Å². The zero-order valence-electron chi connectivity index (χ0n) is 20.0. The Balaban J connectivity index is 1.90. The standard InChI is InChI=1S/C25H40N2O2/c1-17-14-19-20(15-18(17)2)25(16-21(19)24(6,7)26(8)9)10-12-27(13-11-25)22(28)29-23(3,4)5/h14-15,21H,10-13,16H2,1-9H3. The molecule has 1 unspecified atom stereocenters. The van der Waals surface area contributed by atoms with Gasteiger partial charge in [0.15, 0.2) is 0 Å². The molecule has 1 aliphatic carbocycles. The summed E-state index contributed by atoms with van der Waals surface area (Å²) in [6.45, 7) is 16.5. The van der Waals surface area contributed by atoms with Crippen LogP contribution in [0.25, 0.3) is 0 Å². The molecule has 4 nitrogen and oxygen atoms in total. The number of carbonyl (C=O) groups excluding carboxylic acids is 1. The minimum atomic E-state index is -0.443. The molecule has 162 valence electrons. The van der Waals surface area contributed by atoms with Crippen LogP contribution in [0, 0.1) is 13.8 Å². The summed E-state index contributed by atoms with van der Waals surface area (Å²) in [5.41, 5.74) is 5.63. The number of hydrogen-bond acceptors (Lipinski definition) is 3. The highest BCUT2D eigenvalue weighted by Gasteiger charge is 2.50. The van der Waals surface area contributed by atoms with Gasteiger partial charge in [-0.2, -0.15) is 0 Å². The molecule has 1 aliphatic heterocycles. The summed E-state index contributed by atoms with van der Waals surface area (Å²) in [5, 5.41) is 0. The van der Waals surface area contributed by atoms with Gasteiger partial charge in [0.1, 0.15) is 5.60 Å². The highest BCUT2D eigenvalue weighted by Crippen LogP contribution is 2.56. The molecule has 2 aliphatic rings. The van der Waals surface area contributed by atoms with E-state index in [2.05, 4.69) is 58.8 Å². The highest BCUT2D eigenvalue weighted by atomic mass is 16.6. The number of carbonyl (C=O) groups is 1. The van der Waals surface area contributed by atoms with E-state index in [1.54, 1.807) is 0 Å². The van der Waals surface area contributed by atoms with E-state index >= 15 is 0 Å². The van der Waals surface area contributed by atoms with Crippen LogP contribution in [0.5, 0.6) is 0 Å². The molecular formula is C25H40N2O2. The van der Waals surface area contributed by atoms with Crippen molar-refractivity contribution in [2.45, 2.75) is 90.2 Å². The van der Waals surface area contributed by atoms with E-state index in [4.69, 9.17) is 4.74 Å². The summed E-state index contributed by atoms with van der Waals surface area (Å²) >= 11 is 0.